The van der Waals surface area contributed by atoms with Gasteiger partial charge in [-0.25, -0.2) is 4.79 Å². The summed E-state index contributed by atoms with van der Waals surface area (Å²) >= 11 is 0. The molecule has 17 heavy (non-hydrogen) atoms. The maximum Gasteiger partial charge on any atom is 0.331 e. The largest absolute Gasteiger partial charge is 0.494 e. The second kappa shape index (κ2) is 4.57. The fourth-order valence-electron chi connectivity index (χ4n) is 1.53. The number of nitrogens with zero attached hydrogens (tertiary/aromatic N) is 1. The predicted octanol–water partition coefficient (Wildman–Crippen LogP) is 2.12. The molecule has 2 rings (SSSR count). The van der Waals surface area contributed by atoms with E-state index in [9.17, 15) is 4.79 Å². The SMILES string of the molecule is CCOc1ccc(C=NC2(C(=O)O)CC2)cc1. The van der Waals surface area contributed by atoms with Crippen LogP contribution in [0.25, 0.3) is 0 Å². The fourth-order valence-corrected chi connectivity index (χ4v) is 1.53. The van der Waals surface area contributed by atoms with E-state index in [4.69, 9.17) is 9.84 Å². The minimum atomic E-state index is -0.849. The number of rotatable bonds is 5. The zero-order chi connectivity index (χ0) is 12.3. The Kier molecular flexibility index (Phi) is 3.13. The highest BCUT2D eigenvalue weighted by atomic mass is 16.5. The molecule has 0 bridgehead atoms. The first kappa shape index (κ1) is 11.6. The van der Waals surface area contributed by atoms with Crippen LogP contribution >= 0.6 is 0 Å². The van der Waals surface area contributed by atoms with Crippen LogP contribution < -0.4 is 4.74 Å². The molecule has 0 amide bonds. The number of ether oxygens (including phenoxy) is 1. The van der Waals surface area contributed by atoms with E-state index in [0.717, 1.165) is 11.3 Å². The van der Waals surface area contributed by atoms with Crippen molar-refractivity contribution < 1.29 is 14.6 Å². The topological polar surface area (TPSA) is 58.9 Å². The van der Waals surface area contributed by atoms with Crippen molar-refractivity contribution in [2.24, 2.45) is 4.99 Å². The smallest absolute Gasteiger partial charge is 0.331 e. The van der Waals surface area contributed by atoms with E-state index in [1.54, 1.807) is 6.21 Å². The molecule has 0 aliphatic heterocycles. The molecule has 1 fully saturated rings. The molecule has 1 saturated carbocycles. The predicted molar refractivity (Wildman–Crippen MR) is 64.8 cm³/mol. The van der Waals surface area contributed by atoms with Crippen LogP contribution in [0.1, 0.15) is 25.3 Å². The number of hydrogen-bond acceptors (Lipinski definition) is 3. The Morgan fingerprint density at radius 2 is 2.12 bits per heavy atom. The Balaban J connectivity index is 2.04. The third-order valence-corrected chi connectivity index (χ3v) is 2.77. The summed E-state index contributed by atoms with van der Waals surface area (Å²) < 4.78 is 5.32. The molecular weight excluding hydrogens is 218 g/mol. The molecular formula is C13H15NO3. The van der Waals surface area contributed by atoms with Crippen LogP contribution in [-0.2, 0) is 4.79 Å². The number of carboxylic acid groups (broad SMARTS) is 1. The molecule has 0 saturated heterocycles. The molecule has 1 aromatic rings. The van der Waals surface area contributed by atoms with Gasteiger partial charge in [0.2, 0.25) is 0 Å². The standard InChI is InChI=1S/C13H15NO3/c1-2-17-11-5-3-10(4-6-11)9-14-13(7-8-13)12(15)16/h3-6,9H,2,7-8H2,1H3,(H,15,16). The van der Waals surface area contributed by atoms with Crippen LogP contribution in [0, 0.1) is 0 Å². The fraction of sp³-hybridized carbons (Fsp3) is 0.385. The van der Waals surface area contributed by atoms with E-state index in [0.29, 0.717) is 19.4 Å². The van der Waals surface area contributed by atoms with Crippen molar-refractivity contribution in [3.8, 4) is 5.75 Å². The molecule has 4 heteroatoms. The normalized spacial score (nSPS) is 17.0. The average molecular weight is 233 g/mol. The van der Waals surface area contributed by atoms with Gasteiger partial charge in [0.05, 0.1) is 6.61 Å². The quantitative estimate of drug-likeness (QED) is 0.792. The van der Waals surface area contributed by atoms with Gasteiger partial charge in [0, 0.05) is 6.21 Å². The second-order valence-electron chi connectivity index (χ2n) is 4.10. The molecule has 4 nitrogen and oxygen atoms in total. The lowest BCUT2D eigenvalue weighted by Gasteiger charge is -2.03. The van der Waals surface area contributed by atoms with Crippen LogP contribution in [-0.4, -0.2) is 29.4 Å². The zero-order valence-corrected chi connectivity index (χ0v) is 9.72. The molecule has 0 spiro atoms. The Labute approximate surface area is 99.9 Å². The first-order valence-corrected chi connectivity index (χ1v) is 5.68. The van der Waals surface area contributed by atoms with E-state index in [-0.39, 0.29) is 0 Å². The number of hydrogen-bond donors (Lipinski definition) is 1. The van der Waals surface area contributed by atoms with Gasteiger partial charge in [-0.05, 0) is 49.6 Å². The Morgan fingerprint density at radius 1 is 1.47 bits per heavy atom. The molecule has 1 N–H and O–H groups in total. The highest BCUT2D eigenvalue weighted by Gasteiger charge is 2.50. The summed E-state index contributed by atoms with van der Waals surface area (Å²) in [4.78, 5) is 15.1. The van der Waals surface area contributed by atoms with Gasteiger partial charge in [-0.15, -0.1) is 0 Å². The molecule has 0 unspecified atom stereocenters. The van der Waals surface area contributed by atoms with Crippen molar-refractivity contribution in [3.63, 3.8) is 0 Å². The summed E-state index contributed by atoms with van der Waals surface area (Å²) in [5.41, 5.74) is 0.0412. The maximum absolute atomic E-state index is 10.9. The number of aliphatic imine (C=N–C) groups is 1. The zero-order valence-electron chi connectivity index (χ0n) is 9.72. The molecule has 0 heterocycles. The van der Waals surface area contributed by atoms with E-state index < -0.39 is 11.5 Å². The Bertz CT molecular complexity index is 432. The molecule has 90 valence electrons. The van der Waals surface area contributed by atoms with Crippen LogP contribution in [0.2, 0.25) is 0 Å². The minimum Gasteiger partial charge on any atom is -0.494 e. The van der Waals surface area contributed by atoms with Gasteiger partial charge in [-0.1, -0.05) is 0 Å². The van der Waals surface area contributed by atoms with Gasteiger partial charge < -0.3 is 9.84 Å². The summed E-state index contributed by atoms with van der Waals surface area (Å²) in [7, 11) is 0. The van der Waals surface area contributed by atoms with Gasteiger partial charge in [0.1, 0.15) is 5.75 Å². The number of benzene rings is 1. The van der Waals surface area contributed by atoms with Crippen molar-refractivity contribution in [1.29, 1.82) is 0 Å². The lowest BCUT2D eigenvalue weighted by molar-refractivity contribution is -0.139. The summed E-state index contributed by atoms with van der Waals surface area (Å²) in [6.07, 6.45) is 2.89. The molecule has 1 aromatic carbocycles. The number of carboxylic acids is 1. The lowest BCUT2D eigenvalue weighted by atomic mass is 10.2. The molecule has 0 aromatic heterocycles. The van der Waals surface area contributed by atoms with E-state index in [1.165, 1.54) is 0 Å². The molecule has 0 radical (unpaired) electrons. The van der Waals surface area contributed by atoms with Crippen molar-refractivity contribution in [1.82, 2.24) is 0 Å². The maximum atomic E-state index is 10.9. The first-order valence-electron chi connectivity index (χ1n) is 5.68. The summed E-state index contributed by atoms with van der Waals surface area (Å²) in [6.45, 7) is 2.56. The highest BCUT2D eigenvalue weighted by molar-refractivity contribution is 5.88. The van der Waals surface area contributed by atoms with E-state index >= 15 is 0 Å². The second-order valence-corrected chi connectivity index (χ2v) is 4.10. The van der Waals surface area contributed by atoms with E-state index in [1.807, 2.05) is 31.2 Å². The minimum absolute atomic E-state index is 0.634. The third-order valence-electron chi connectivity index (χ3n) is 2.77. The van der Waals surface area contributed by atoms with Crippen LogP contribution in [0.15, 0.2) is 29.3 Å². The van der Waals surface area contributed by atoms with Crippen molar-refractivity contribution in [2.45, 2.75) is 25.3 Å². The summed E-state index contributed by atoms with van der Waals surface area (Å²) in [5, 5.41) is 8.96. The van der Waals surface area contributed by atoms with Gasteiger partial charge in [-0.3, -0.25) is 4.99 Å². The number of aliphatic carboxylic acids is 1. The van der Waals surface area contributed by atoms with Gasteiger partial charge in [0.25, 0.3) is 0 Å². The summed E-state index contributed by atoms with van der Waals surface area (Å²) in [6, 6.07) is 7.44. The van der Waals surface area contributed by atoms with Gasteiger partial charge >= 0.3 is 5.97 Å². The van der Waals surface area contributed by atoms with Crippen LogP contribution in [0.4, 0.5) is 0 Å². The van der Waals surface area contributed by atoms with Crippen molar-refractivity contribution in [3.05, 3.63) is 29.8 Å². The van der Waals surface area contributed by atoms with Crippen LogP contribution in [0.3, 0.4) is 0 Å². The average Bonchev–Trinajstić information content (AvgIpc) is 3.10. The highest BCUT2D eigenvalue weighted by Crippen LogP contribution is 2.39. The molecule has 1 aliphatic rings. The third kappa shape index (κ3) is 2.64. The molecule has 1 aliphatic carbocycles. The number of carbonyl (C=O) groups is 1. The summed E-state index contributed by atoms with van der Waals surface area (Å²) in [5.74, 6) is -0.0243. The molecule has 0 atom stereocenters. The Morgan fingerprint density at radius 3 is 2.59 bits per heavy atom. The lowest BCUT2D eigenvalue weighted by Crippen LogP contribution is -2.19. The van der Waals surface area contributed by atoms with Crippen molar-refractivity contribution in [2.75, 3.05) is 6.61 Å². The Hall–Kier alpha value is -1.84. The van der Waals surface area contributed by atoms with Crippen molar-refractivity contribution >= 4 is 12.2 Å². The van der Waals surface area contributed by atoms with E-state index in [2.05, 4.69) is 4.99 Å². The van der Waals surface area contributed by atoms with Gasteiger partial charge in [0.15, 0.2) is 5.54 Å². The van der Waals surface area contributed by atoms with Gasteiger partial charge in [-0.2, -0.15) is 0 Å². The van der Waals surface area contributed by atoms with Crippen LogP contribution in [0.5, 0.6) is 5.75 Å². The first-order chi connectivity index (χ1) is 8.16. The monoisotopic (exact) mass is 233 g/mol.